The third-order valence-electron chi connectivity index (χ3n) is 3.15. The van der Waals surface area contributed by atoms with Crippen LogP contribution in [0, 0.1) is 17.6 Å². The Morgan fingerprint density at radius 2 is 2.32 bits per heavy atom. The van der Waals surface area contributed by atoms with Crippen LogP contribution < -0.4 is 16.0 Å². The van der Waals surface area contributed by atoms with Gasteiger partial charge in [-0.25, -0.2) is 13.8 Å². The number of hydrogen-bond acceptors (Lipinski definition) is 4. The van der Waals surface area contributed by atoms with Crippen molar-refractivity contribution in [2.24, 2.45) is 11.7 Å². The highest BCUT2D eigenvalue weighted by molar-refractivity contribution is 5.78. The monoisotopic (exact) mass is 270 g/mol. The van der Waals surface area contributed by atoms with Gasteiger partial charge in [-0.3, -0.25) is 4.79 Å². The molecule has 0 aromatic carbocycles. The van der Waals surface area contributed by atoms with Crippen LogP contribution in [-0.4, -0.2) is 30.5 Å². The first-order valence-corrected chi connectivity index (χ1v) is 6.17. The average Bonchev–Trinajstić information content (AvgIpc) is 2.82. The van der Waals surface area contributed by atoms with Crippen molar-refractivity contribution in [2.75, 3.05) is 29.9 Å². The van der Waals surface area contributed by atoms with Crippen molar-refractivity contribution in [3.05, 3.63) is 17.7 Å². The number of pyridine rings is 1. The lowest BCUT2D eigenvalue weighted by molar-refractivity contribution is -0.121. The summed E-state index contributed by atoms with van der Waals surface area (Å²) in [6, 6.07) is 0.803. The van der Waals surface area contributed by atoms with E-state index in [0.29, 0.717) is 26.1 Å². The zero-order chi connectivity index (χ0) is 14.0. The fourth-order valence-electron chi connectivity index (χ4n) is 2.15. The molecule has 1 unspecified atom stereocenters. The lowest BCUT2D eigenvalue weighted by Gasteiger charge is -2.19. The van der Waals surface area contributed by atoms with Crippen molar-refractivity contribution in [3.63, 3.8) is 0 Å². The first kappa shape index (κ1) is 13.5. The topological polar surface area (TPSA) is 71.2 Å². The van der Waals surface area contributed by atoms with Gasteiger partial charge in [0.15, 0.2) is 23.3 Å². The summed E-state index contributed by atoms with van der Waals surface area (Å²) in [5, 5.41) is 2.73. The largest absolute Gasteiger partial charge is 0.369 e. The number of nitrogens with two attached hydrogens (primary N) is 1. The Hall–Kier alpha value is -1.92. The summed E-state index contributed by atoms with van der Waals surface area (Å²) in [5.74, 6) is -2.11. The second-order valence-electron chi connectivity index (χ2n) is 4.49. The maximum absolute atomic E-state index is 13.8. The first-order valence-electron chi connectivity index (χ1n) is 6.17. The lowest BCUT2D eigenvalue weighted by atomic mass is 10.1. The number of carbonyl (C=O) groups excluding carboxylic acids is 1. The Morgan fingerprint density at radius 3 is 2.89 bits per heavy atom. The molecule has 3 N–H and O–H groups in total. The molecule has 19 heavy (non-hydrogen) atoms. The van der Waals surface area contributed by atoms with Gasteiger partial charge in [-0.15, -0.1) is 0 Å². The van der Waals surface area contributed by atoms with Gasteiger partial charge in [0.05, 0.1) is 5.92 Å². The van der Waals surface area contributed by atoms with Crippen LogP contribution >= 0.6 is 0 Å². The van der Waals surface area contributed by atoms with Crippen LogP contribution in [0.5, 0.6) is 0 Å². The normalized spacial score (nSPS) is 18.7. The zero-order valence-electron chi connectivity index (χ0n) is 10.6. The van der Waals surface area contributed by atoms with Gasteiger partial charge >= 0.3 is 0 Å². The summed E-state index contributed by atoms with van der Waals surface area (Å²) in [7, 11) is 0. The minimum absolute atomic E-state index is 0.0152. The van der Waals surface area contributed by atoms with Crippen LogP contribution in [0.3, 0.4) is 0 Å². The van der Waals surface area contributed by atoms with Crippen LogP contribution in [0.2, 0.25) is 0 Å². The molecule has 2 heterocycles. The Labute approximate surface area is 109 Å². The lowest BCUT2D eigenvalue weighted by Crippen LogP contribution is -2.28. The number of anilines is 2. The van der Waals surface area contributed by atoms with Gasteiger partial charge in [0.1, 0.15) is 0 Å². The summed E-state index contributed by atoms with van der Waals surface area (Å²) in [4.78, 5) is 16.7. The predicted octanol–water partition coefficient (Wildman–Crippen LogP) is 1.10. The molecule has 1 aliphatic rings. The van der Waals surface area contributed by atoms with Crippen molar-refractivity contribution in [2.45, 2.75) is 13.3 Å². The zero-order valence-corrected chi connectivity index (χ0v) is 10.6. The molecular formula is C12H16F2N4O. The number of hydrogen-bond donors (Lipinski definition) is 2. The Balaban J connectivity index is 2.25. The van der Waals surface area contributed by atoms with E-state index in [-0.39, 0.29) is 17.6 Å². The van der Waals surface area contributed by atoms with E-state index in [0.717, 1.165) is 6.07 Å². The fraction of sp³-hybridized carbons (Fsp3) is 0.500. The van der Waals surface area contributed by atoms with E-state index in [1.807, 2.05) is 0 Å². The molecule has 1 atom stereocenters. The summed E-state index contributed by atoms with van der Waals surface area (Å²) < 4.78 is 27.2. The SMILES string of the molecule is CCNc1nc(N2CCC(C(N)=O)C2)c(F)cc1F. The van der Waals surface area contributed by atoms with Gasteiger partial charge in [0, 0.05) is 25.7 Å². The van der Waals surface area contributed by atoms with Crippen molar-refractivity contribution in [1.82, 2.24) is 4.98 Å². The minimum atomic E-state index is -0.732. The second kappa shape index (κ2) is 5.38. The molecule has 0 saturated carbocycles. The number of primary amides is 1. The maximum Gasteiger partial charge on any atom is 0.222 e. The molecule has 0 spiro atoms. The number of nitrogens with one attached hydrogen (secondary N) is 1. The van der Waals surface area contributed by atoms with Crippen molar-refractivity contribution in [3.8, 4) is 0 Å². The highest BCUT2D eigenvalue weighted by Gasteiger charge is 2.29. The Morgan fingerprint density at radius 1 is 1.58 bits per heavy atom. The molecule has 1 aromatic heterocycles. The van der Waals surface area contributed by atoms with E-state index in [2.05, 4.69) is 10.3 Å². The minimum Gasteiger partial charge on any atom is -0.369 e. The van der Waals surface area contributed by atoms with Gasteiger partial charge in [-0.2, -0.15) is 0 Å². The number of aromatic nitrogens is 1. The molecular weight excluding hydrogens is 254 g/mol. The predicted molar refractivity (Wildman–Crippen MR) is 67.8 cm³/mol. The standard InChI is InChI=1S/C12H16F2N4O/c1-2-16-11-8(13)5-9(14)12(17-11)18-4-3-7(6-18)10(15)19/h5,7H,2-4,6H2,1H3,(H2,15,19)(H,16,17). The van der Waals surface area contributed by atoms with E-state index < -0.39 is 17.5 Å². The summed E-state index contributed by atoms with van der Waals surface area (Å²) >= 11 is 0. The molecule has 0 bridgehead atoms. The van der Waals surface area contributed by atoms with Crippen molar-refractivity contribution >= 4 is 17.5 Å². The third-order valence-corrected chi connectivity index (χ3v) is 3.15. The number of halogens is 2. The smallest absolute Gasteiger partial charge is 0.222 e. The van der Waals surface area contributed by atoms with E-state index in [1.165, 1.54) is 0 Å². The van der Waals surface area contributed by atoms with E-state index >= 15 is 0 Å². The van der Waals surface area contributed by atoms with Crippen molar-refractivity contribution in [1.29, 1.82) is 0 Å². The second-order valence-corrected chi connectivity index (χ2v) is 4.49. The molecule has 0 radical (unpaired) electrons. The molecule has 1 fully saturated rings. The quantitative estimate of drug-likeness (QED) is 0.859. The maximum atomic E-state index is 13.8. The van der Waals surface area contributed by atoms with Crippen LogP contribution in [-0.2, 0) is 4.79 Å². The summed E-state index contributed by atoms with van der Waals surface area (Å²) in [6.07, 6.45) is 0.560. The summed E-state index contributed by atoms with van der Waals surface area (Å²) in [5.41, 5.74) is 5.23. The van der Waals surface area contributed by atoms with Crippen LogP contribution in [0.15, 0.2) is 6.07 Å². The first-order chi connectivity index (χ1) is 9.02. The highest BCUT2D eigenvalue weighted by Crippen LogP contribution is 2.27. The molecule has 5 nitrogen and oxygen atoms in total. The Bertz CT molecular complexity index is 495. The van der Waals surface area contributed by atoms with E-state index in [4.69, 9.17) is 5.73 Å². The molecule has 1 amide bonds. The summed E-state index contributed by atoms with van der Waals surface area (Å²) in [6.45, 7) is 3.08. The van der Waals surface area contributed by atoms with E-state index in [9.17, 15) is 13.6 Å². The average molecular weight is 270 g/mol. The van der Waals surface area contributed by atoms with Crippen LogP contribution in [0.4, 0.5) is 20.4 Å². The molecule has 0 aliphatic carbocycles. The number of nitrogens with zero attached hydrogens (tertiary/aromatic N) is 2. The fourth-order valence-corrected chi connectivity index (χ4v) is 2.15. The highest BCUT2D eigenvalue weighted by atomic mass is 19.1. The third kappa shape index (κ3) is 2.74. The molecule has 1 aromatic rings. The molecule has 7 heteroatoms. The molecule has 1 saturated heterocycles. The molecule has 2 rings (SSSR count). The number of carbonyl (C=O) groups is 1. The number of rotatable bonds is 4. The van der Waals surface area contributed by atoms with E-state index in [1.54, 1.807) is 11.8 Å². The Kier molecular flexibility index (Phi) is 3.82. The van der Waals surface area contributed by atoms with Gasteiger partial charge in [-0.05, 0) is 13.3 Å². The van der Waals surface area contributed by atoms with Gasteiger partial charge in [0.25, 0.3) is 0 Å². The van der Waals surface area contributed by atoms with Crippen LogP contribution in [0.1, 0.15) is 13.3 Å². The van der Waals surface area contributed by atoms with Gasteiger partial charge in [0.2, 0.25) is 5.91 Å². The molecule has 104 valence electrons. The van der Waals surface area contributed by atoms with Gasteiger partial charge in [-0.1, -0.05) is 0 Å². The van der Waals surface area contributed by atoms with Gasteiger partial charge < -0.3 is 16.0 Å². The molecule has 1 aliphatic heterocycles. The number of amides is 1. The van der Waals surface area contributed by atoms with Crippen LogP contribution in [0.25, 0.3) is 0 Å². The van der Waals surface area contributed by atoms with Crippen molar-refractivity contribution < 1.29 is 13.6 Å².